The normalized spacial score (nSPS) is 17.3. The summed E-state index contributed by atoms with van der Waals surface area (Å²) in [5, 5.41) is 3.46. The summed E-state index contributed by atoms with van der Waals surface area (Å²) in [6.07, 6.45) is 8.77. The quantitative estimate of drug-likeness (QED) is 0.818. The van der Waals surface area contributed by atoms with Gasteiger partial charge in [-0.3, -0.25) is 0 Å². The Hall–Kier alpha value is -1.08. The van der Waals surface area contributed by atoms with Crippen LogP contribution >= 0.6 is 0 Å². The monoisotopic (exact) mass is 243 g/mol. The molecule has 98 valence electrons. The predicted molar refractivity (Wildman–Crippen MR) is 79.7 cm³/mol. The SMILES string of the molecule is CCNC(C)Cc1ccc(C2=CCCCC2)cc1. The van der Waals surface area contributed by atoms with E-state index in [1.165, 1.54) is 36.8 Å². The molecule has 0 bridgehead atoms. The van der Waals surface area contributed by atoms with Crippen LogP contribution in [0.15, 0.2) is 30.3 Å². The maximum atomic E-state index is 3.46. The van der Waals surface area contributed by atoms with Gasteiger partial charge >= 0.3 is 0 Å². The van der Waals surface area contributed by atoms with E-state index in [1.807, 2.05) is 0 Å². The number of allylic oxidation sites excluding steroid dienone is 2. The summed E-state index contributed by atoms with van der Waals surface area (Å²) in [4.78, 5) is 0. The fourth-order valence-electron chi connectivity index (χ4n) is 2.73. The number of hydrogen-bond donors (Lipinski definition) is 1. The zero-order valence-electron chi connectivity index (χ0n) is 11.7. The molecular formula is C17H25N. The Balaban J connectivity index is 1.98. The van der Waals surface area contributed by atoms with E-state index in [1.54, 1.807) is 5.57 Å². The van der Waals surface area contributed by atoms with Crippen molar-refractivity contribution in [2.75, 3.05) is 6.54 Å². The van der Waals surface area contributed by atoms with Gasteiger partial charge in [-0.25, -0.2) is 0 Å². The van der Waals surface area contributed by atoms with Crippen molar-refractivity contribution in [1.82, 2.24) is 5.32 Å². The molecule has 0 saturated carbocycles. The molecule has 1 unspecified atom stereocenters. The lowest BCUT2D eigenvalue weighted by molar-refractivity contribution is 0.565. The van der Waals surface area contributed by atoms with Crippen molar-refractivity contribution in [2.45, 2.75) is 52.0 Å². The molecule has 1 atom stereocenters. The molecule has 1 aliphatic rings. The average Bonchev–Trinajstić information content (AvgIpc) is 2.41. The molecular weight excluding hydrogens is 218 g/mol. The summed E-state index contributed by atoms with van der Waals surface area (Å²) in [6, 6.07) is 9.74. The second-order valence-electron chi connectivity index (χ2n) is 5.33. The van der Waals surface area contributed by atoms with E-state index < -0.39 is 0 Å². The lowest BCUT2D eigenvalue weighted by Gasteiger charge is -2.15. The molecule has 0 saturated heterocycles. The topological polar surface area (TPSA) is 12.0 Å². The Bertz CT molecular complexity index is 389. The van der Waals surface area contributed by atoms with Crippen LogP contribution < -0.4 is 5.32 Å². The van der Waals surface area contributed by atoms with Gasteiger partial charge in [0.2, 0.25) is 0 Å². The van der Waals surface area contributed by atoms with Crippen molar-refractivity contribution in [3.8, 4) is 0 Å². The van der Waals surface area contributed by atoms with Crippen LogP contribution in [-0.2, 0) is 6.42 Å². The van der Waals surface area contributed by atoms with Gasteiger partial charge in [0.1, 0.15) is 0 Å². The highest BCUT2D eigenvalue weighted by molar-refractivity contribution is 5.66. The Kier molecular flexibility index (Phi) is 5.00. The van der Waals surface area contributed by atoms with Gasteiger partial charge in [0.05, 0.1) is 0 Å². The van der Waals surface area contributed by atoms with Crippen LogP contribution in [-0.4, -0.2) is 12.6 Å². The Morgan fingerprint density at radius 3 is 2.56 bits per heavy atom. The van der Waals surface area contributed by atoms with Crippen LogP contribution in [0.2, 0.25) is 0 Å². The van der Waals surface area contributed by atoms with Crippen molar-refractivity contribution in [2.24, 2.45) is 0 Å². The first-order valence-corrected chi connectivity index (χ1v) is 7.31. The molecule has 1 aliphatic carbocycles. The third-order valence-electron chi connectivity index (χ3n) is 3.71. The molecule has 1 aromatic carbocycles. The molecule has 0 spiro atoms. The minimum atomic E-state index is 0.565. The molecule has 2 rings (SSSR count). The van der Waals surface area contributed by atoms with Crippen molar-refractivity contribution in [3.05, 3.63) is 41.5 Å². The predicted octanol–water partition coefficient (Wildman–Crippen LogP) is 4.18. The maximum absolute atomic E-state index is 3.46. The number of nitrogens with one attached hydrogen (secondary N) is 1. The van der Waals surface area contributed by atoms with Gasteiger partial charge < -0.3 is 5.32 Å². The second kappa shape index (κ2) is 6.75. The standard InChI is InChI=1S/C17H25N/c1-3-18-14(2)13-15-9-11-17(12-10-15)16-7-5-4-6-8-16/h7,9-12,14,18H,3-6,8,13H2,1-2H3. The molecule has 18 heavy (non-hydrogen) atoms. The summed E-state index contributed by atoms with van der Waals surface area (Å²) < 4.78 is 0. The number of hydrogen-bond acceptors (Lipinski definition) is 1. The van der Waals surface area contributed by atoms with Crippen molar-refractivity contribution in [1.29, 1.82) is 0 Å². The van der Waals surface area contributed by atoms with E-state index in [4.69, 9.17) is 0 Å². The molecule has 0 aliphatic heterocycles. The van der Waals surface area contributed by atoms with E-state index in [9.17, 15) is 0 Å². The molecule has 0 heterocycles. The summed E-state index contributed by atoms with van der Waals surface area (Å²) in [7, 11) is 0. The first-order valence-electron chi connectivity index (χ1n) is 7.31. The summed E-state index contributed by atoms with van der Waals surface area (Å²) in [6.45, 7) is 5.46. The summed E-state index contributed by atoms with van der Waals surface area (Å²) in [5.41, 5.74) is 4.41. The van der Waals surface area contributed by atoms with Crippen LogP contribution in [0.3, 0.4) is 0 Å². The number of likely N-dealkylation sites (N-methyl/N-ethyl adjacent to an activating group) is 1. The molecule has 0 radical (unpaired) electrons. The highest BCUT2D eigenvalue weighted by Crippen LogP contribution is 2.26. The number of rotatable bonds is 5. The Morgan fingerprint density at radius 1 is 1.17 bits per heavy atom. The molecule has 1 heteroatoms. The van der Waals surface area contributed by atoms with E-state index in [0.29, 0.717) is 6.04 Å². The number of benzene rings is 1. The zero-order chi connectivity index (χ0) is 12.8. The van der Waals surface area contributed by atoms with Gasteiger partial charge in [0, 0.05) is 6.04 Å². The lowest BCUT2D eigenvalue weighted by Crippen LogP contribution is -2.27. The molecule has 0 aromatic heterocycles. The average molecular weight is 243 g/mol. The smallest absolute Gasteiger partial charge is 0.00790 e. The minimum Gasteiger partial charge on any atom is -0.314 e. The lowest BCUT2D eigenvalue weighted by atomic mass is 9.93. The van der Waals surface area contributed by atoms with E-state index in [2.05, 4.69) is 49.5 Å². The van der Waals surface area contributed by atoms with Gasteiger partial charge in [0.25, 0.3) is 0 Å². The van der Waals surface area contributed by atoms with Gasteiger partial charge in [-0.1, -0.05) is 37.3 Å². The van der Waals surface area contributed by atoms with Crippen LogP contribution in [0.1, 0.15) is 50.7 Å². The van der Waals surface area contributed by atoms with Gasteiger partial charge in [0.15, 0.2) is 0 Å². The maximum Gasteiger partial charge on any atom is 0.00790 e. The van der Waals surface area contributed by atoms with E-state index in [-0.39, 0.29) is 0 Å². The van der Waals surface area contributed by atoms with Crippen LogP contribution in [0, 0.1) is 0 Å². The van der Waals surface area contributed by atoms with E-state index >= 15 is 0 Å². The van der Waals surface area contributed by atoms with Crippen LogP contribution in [0.4, 0.5) is 0 Å². The third-order valence-corrected chi connectivity index (χ3v) is 3.71. The van der Waals surface area contributed by atoms with Crippen LogP contribution in [0.25, 0.3) is 5.57 Å². The first-order chi connectivity index (χ1) is 8.79. The molecule has 1 aromatic rings. The summed E-state index contributed by atoms with van der Waals surface area (Å²) >= 11 is 0. The zero-order valence-corrected chi connectivity index (χ0v) is 11.7. The Morgan fingerprint density at radius 2 is 1.94 bits per heavy atom. The van der Waals surface area contributed by atoms with Gasteiger partial charge in [-0.05, 0) is 62.3 Å². The van der Waals surface area contributed by atoms with Crippen molar-refractivity contribution in [3.63, 3.8) is 0 Å². The first kappa shape index (κ1) is 13.4. The second-order valence-corrected chi connectivity index (χ2v) is 5.33. The van der Waals surface area contributed by atoms with Crippen molar-refractivity contribution < 1.29 is 0 Å². The largest absolute Gasteiger partial charge is 0.314 e. The van der Waals surface area contributed by atoms with Gasteiger partial charge in [-0.15, -0.1) is 0 Å². The molecule has 1 nitrogen and oxygen atoms in total. The molecule has 0 amide bonds. The highest BCUT2D eigenvalue weighted by Gasteiger charge is 2.07. The Labute approximate surface area is 111 Å². The fourth-order valence-corrected chi connectivity index (χ4v) is 2.73. The van der Waals surface area contributed by atoms with Crippen LogP contribution in [0.5, 0.6) is 0 Å². The fraction of sp³-hybridized carbons (Fsp3) is 0.529. The third kappa shape index (κ3) is 3.71. The van der Waals surface area contributed by atoms with Gasteiger partial charge in [-0.2, -0.15) is 0 Å². The summed E-state index contributed by atoms with van der Waals surface area (Å²) in [5.74, 6) is 0. The minimum absolute atomic E-state index is 0.565. The molecule has 1 N–H and O–H groups in total. The highest BCUT2D eigenvalue weighted by atomic mass is 14.9. The molecule has 0 fully saturated rings. The van der Waals surface area contributed by atoms with E-state index in [0.717, 1.165) is 13.0 Å². The van der Waals surface area contributed by atoms with Crippen molar-refractivity contribution >= 4 is 5.57 Å².